The zero-order chi connectivity index (χ0) is 15.5. The second-order valence-corrected chi connectivity index (χ2v) is 5.52. The van der Waals surface area contributed by atoms with Gasteiger partial charge >= 0.3 is 6.03 Å². The maximum absolute atomic E-state index is 12.2. The average Bonchev–Trinajstić information content (AvgIpc) is 2.67. The Morgan fingerprint density at radius 2 is 2.14 bits per heavy atom. The molecular weight excluding hydrogens is 268 g/mol. The van der Waals surface area contributed by atoms with Crippen LogP contribution in [0.2, 0.25) is 0 Å². The number of urea groups is 1. The Bertz CT molecular complexity index is 546. The van der Waals surface area contributed by atoms with E-state index >= 15 is 0 Å². The van der Waals surface area contributed by atoms with Crippen molar-refractivity contribution in [1.29, 1.82) is 0 Å². The lowest BCUT2D eigenvalue weighted by atomic mass is 9.99. The quantitative estimate of drug-likeness (QED) is 0.620. The van der Waals surface area contributed by atoms with Gasteiger partial charge in [-0.1, -0.05) is 13.0 Å². The lowest BCUT2D eigenvalue weighted by Crippen LogP contribution is -2.43. The first-order chi connectivity index (χ1) is 9.96. The molecular formula is C15H22N4O2. The molecule has 0 bridgehead atoms. The van der Waals surface area contributed by atoms with Gasteiger partial charge in [0.25, 0.3) is 5.91 Å². The minimum Gasteiger partial charge on any atom is -0.370 e. The van der Waals surface area contributed by atoms with Crippen molar-refractivity contribution in [2.75, 3.05) is 18.4 Å². The number of carbonyl (C=O) groups is 2. The number of hydrogen-bond acceptors (Lipinski definition) is 4. The molecule has 0 unspecified atom stereocenters. The van der Waals surface area contributed by atoms with E-state index in [1.54, 1.807) is 6.92 Å². The Morgan fingerprint density at radius 3 is 2.76 bits per heavy atom. The Balaban J connectivity index is 1.81. The number of nitrogens with zero attached hydrogens (tertiary/aromatic N) is 2. The Morgan fingerprint density at radius 1 is 1.38 bits per heavy atom. The summed E-state index contributed by atoms with van der Waals surface area (Å²) in [4.78, 5) is 29.7. The molecule has 0 saturated carbocycles. The molecule has 21 heavy (non-hydrogen) atoms. The summed E-state index contributed by atoms with van der Waals surface area (Å²) in [6, 6.07) is 5.48. The maximum Gasteiger partial charge on any atom is 0.325 e. The highest BCUT2D eigenvalue weighted by Crippen LogP contribution is 2.20. The summed E-state index contributed by atoms with van der Waals surface area (Å²) in [6.07, 6.45) is 1.29. The largest absolute Gasteiger partial charge is 0.370 e. The van der Waals surface area contributed by atoms with Crippen molar-refractivity contribution in [3.8, 4) is 0 Å². The molecule has 1 aromatic heterocycles. The Labute approximate surface area is 124 Å². The van der Waals surface area contributed by atoms with Crippen LogP contribution in [-0.2, 0) is 4.79 Å². The van der Waals surface area contributed by atoms with Crippen molar-refractivity contribution < 1.29 is 9.59 Å². The number of imide groups is 1. The van der Waals surface area contributed by atoms with Crippen molar-refractivity contribution >= 4 is 17.8 Å². The van der Waals surface area contributed by atoms with Crippen molar-refractivity contribution in [3.63, 3.8) is 0 Å². The molecule has 6 heteroatoms. The van der Waals surface area contributed by atoms with E-state index in [0.717, 1.165) is 11.5 Å². The van der Waals surface area contributed by atoms with Crippen LogP contribution in [-0.4, -0.2) is 40.5 Å². The van der Waals surface area contributed by atoms with Crippen LogP contribution >= 0.6 is 0 Å². The molecule has 3 amide bonds. The number of aromatic nitrogens is 1. The molecule has 2 rings (SSSR count). The fourth-order valence-corrected chi connectivity index (χ4v) is 2.28. The van der Waals surface area contributed by atoms with Crippen molar-refractivity contribution in [2.24, 2.45) is 0 Å². The molecule has 2 N–H and O–H groups in total. The van der Waals surface area contributed by atoms with Crippen molar-refractivity contribution in [1.82, 2.24) is 15.2 Å². The first kappa shape index (κ1) is 15.3. The predicted octanol–water partition coefficient (Wildman–Crippen LogP) is 1.91. The summed E-state index contributed by atoms with van der Waals surface area (Å²) in [7, 11) is 0. The molecule has 1 fully saturated rings. The zero-order valence-corrected chi connectivity index (χ0v) is 12.8. The van der Waals surface area contributed by atoms with Crippen LogP contribution < -0.4 is 10.6 Å². The molecule has 0 aliphatic carbocycles. The van der Waals surface area contributed by atoms with Crippen LogP contribution in [0.1, 0.15) is 32.4 Å². The predicted molar refractivity (Wildman–Crippen MR) is 81.0 cm³/mol. The molecule has 6 nitrogen and oxygen atoms in total. The van der Waals surface area contributed by atoms with E-state index in [2.05, 4.69) is 15.6 Å². The zero-order valence-electron chi connectivity index (χ0n) is 12.8. The number of nitrogens with one attached hydrogen (secondary N) is 2. The van der Waals surface area contributed by atoms with Crippen LogP contribution in [0.3, 0.4) is 0 Å². The first-order valence-electron chi connectivity index (χ1n) is 7.28. The SMILES string of the molecule is CC[C@@]1(C)NC(=O)N(CCCNc2cccc(C)n2)C1=O. The standard InChI is InChI=1S/C15H22N4O2/c1-4-15(3)13(20)19(14(21)18-15)10-6-9-16-12-8-5-7-11(2)17-12/h5,7-8H,4,6,9-10H2,1-3H3,(H,16,17)(H,18,21)/t15-/m1/s1. The Hall–Kier alpha value is -2.11. The van der Waals surface area contributed by atoms with Crippen molar-refractivity contribution in [3.05, 3.63) is 23.9 Å². The summed E-state index contributed by atoms with van der Waals surface area (Å²) in [5.74, 6) is 0.675. The molecule has 1 saturated heterocycles. The number of aryl methyl sites for hydroxylation is 1. The third kappa shape index (κ3) is 3.32. The lowest BCUT2D eigenvalue weighted by Gasteiger charge is -2.19. The van der Waals surface area contributed by atoms with Crippen LogP contribution in [0.15, 0.2) is 18.2 Å². The van der Waals surface area contributed by atoms with Crippen molar-refractivity contribution in [2.45, 2.75) is 39.2 Å². The number of anilines is 1. The first-order valence-corrected chi connectivity index (χ1v) is 7.28. The highest BCUT2D eigenvalue weighted by Gasteiger charge is 2.45. The van der Waals surface area contributed by atoms with Gasteiger partial charge < -0.3 is 10.6 Å². The van der Waals surface area contributed by atoms with Gasteiger partial charge in [-0.25, -0.2) is 9.78 Å². The number of rotatable bonds is 6. The second kappa shape index (κ2) is 6.11. The molecule has 1 aromatic rings. The topological polar surface area (TPSA) is 74.3 Å². The van der Waals surface area contributed by atoms with Gasteiger partial charge in [0.1, 0.15) is 11.4 Å². The molecule has 1 aliphatic heterocycles. The minimum atomic E-state index is -0.747. The minimum absolute atomic E-state index is 0.135. The van der Waals surface area contributed by atoms with E-state index in [1.807, 2.05) is 32.0 Å². The number of hydrogen-bond donors (Lipinski definition) is 2. The van der Waals surface area contributed by atoms with Gasteiger partial charge in [0.2, 0.25) is 0 Å². The van der Waals surface area contributed by atoms with Crippen LogP contribution in [0.4, 0.5) is 10.6 Å². The molecule has 2 heterocycles. The van der Waals surface area contributed by atoms with E-state index in [4.69, 9.17) is 0 Å². The van der Waals surface area contributed by atoms with Crippen LogP contribution in [0, 0.1) is 6.92 Å². The van der Waals surface area contributed by atoms with E-state index in [0.29, 0.717) is 25.9 Å². The smallest absolute Gasteiger partial charge is 0.325 e. The second-order valence-electron chi connectivity index (χ2n) is 5.52. The van der Waals surface area contributed by atoms with Gasteiger partial charge in [0.15, 0.2) is 0 Å². The summed E-state index contributed by atoms with van der Waals surface area (Å²) >= 11 is 0. The number of amides is 3. The number of pyridine rings is 1. The molecule has 0 aromatic carbocycles. The normalized spacial score (nSPS) is 21.6. The molecule has 1 atom stereocenters. The number of carbonyl (C=O) groups excluding carboxylic acids is 2. The maximum atomic E-state index is 12.2. The van der Waals surface area contributed by atoms with Gasteiger partial charge in [0, 0.05) is 18.8 Å². The van der Waals surface area contributed by atoms with E-state index in [9.17, 15) is 9.59 Å². The summed E-state index contributed by atoms with van der Waals surface area (Å²) in [6.45, 7) is 6.67. The summed E-state index contributed by atoms with van der Waals surface area (Å²) < 4.78 is 0. The summed E-state index contributed by atoms with van der Waals surface area (Å²) in [5.41, 5.74) is 0.204. The lowest BCUT2D eigenvalue weighted by molar-refractivity contribution is -0.130. The Kier molecular flexibility index (Phi) is 4.45. The molecule has 1 aliphatic rings. The van der Waals surface area contributed by atoms with E-state index in [1.165, 1.54) is 4.90 Å². The fourth-order valence-electron chi connectivity index (χ4n) is 2.28. The fraction of sp³-hybridized carbons (Fsp3) is 0.533. The highest BCUT2D eigenvalue weighted by molar-refractivity contribution is 6.06. The summed E-state index contributed by atoms with van der Waals surface area (Å²) in [5, 5.41) is 5.94. The molecule has 0 spiro atoms. The van der Waals surface area contributed by atoms with Gasteiger partial charge in [0.05, 0.1) is 0 Å². The highest BCUT2D eigenvalue weighted by atomic mass is 16.2. The van der Waals surface area contributed by atoms with Crippen LogP contribution in [0.25, 0.3) is 0 Å². The van der Waals surface area contributed by atoms with Gasteiger partial charge in [-0.05, 0) is 38.8 Å². The monoisotopic (exact) mass is 290 g/mol. The van der Waals surface area contributed by atoms with Gasteiger partial charge in [-0.2, -0.15) is 0 Å². The molecule has 0 radical (unpaired) electrons. The molecule has 114 valence electrons. The third-order valence-corrected chi connectivity index (χ3v) is 3.81. The van der Waals surface area contributed by atoms with E-state index < -0.39 is 5.54 Å². The van der Waals surface area contributed by atoms with Gasteiger partial charge in [-0.15, -0.1) is 0 Å². The third-order valence-electron chi connectivity index (χ3n) is 3.81. The van der Waals surface area contributed by atoms with Gasteiger partial charge in [-0.3, -0.25) is 9.69 Å². The average molecular weight is 290 g/mol. The van der Waals surface area contributed by atoms with E-state index in [-0.39, 0.29) is 11.9 Å². The van der Waals surface area contributed by atoms with Crippen LogP contribution in [0.5, 0.6) is 0 Å².